The number of hydrogen-bond donors (Lipinski definition) is 1. The Hall–Kier alpha value is -1.84. The molecule has 0 aliphatic heterocycles. The van der Waals surface area contributed by atoms with E-state index in [0.717, 1.165) is 10.1 Å². The summed E-state index contributed by atoms with van der Waals surface area (Å²) in [4.78, 5) is 12.6. The Morgan fingerprint density at radius 2 is 1.89 bits per heavy atom. The molecule has 2 N–H and O–H groups in total. The van der Waals surface area contributed by atoms with Gasteiger partial charge in [-0.15, -0.1) is 11.3 Å². The fourth-order valence-electron chi connectivity index (χ4n) is 2.07. The first-order valence-electron chi connectivity index (χ1n) is 5.74. The van der Waals surface area contributed by atoms with Crippen LogP contribution in [0.4, 0.5) is 5.00 Å². The Labute approximate surface area is 119 Å². The fraction of sp³-hybridized carbons (Fsp3) is 0. The lowest BCUT2D eigenvalue weighted by Crippen LogP contribution is -2.03. The minimum atomic E-state index is -0.0857. The average molecular weight is 288 g/mol. The molecule has 0 fully saturated rings. The first-order valence-corrected chi connectivity index (χ1v) is 6.93. The summed E-state index contributed by atoms with van der Waals surface area (Å²) in [5.74, 6) is -0.0857. The van der Waals surface area contributed by atoms with Gasteiger partial charge in [-0.2, -0.15) is 0 Å². The van der Waals surface area contributed by atoms with Crippen molar-refractivity contribution in [2.75, 3.05) is 5.73 Å². The zero-order valence-electron chi connectivity index (χ0n) is 9.89. The van der Waals surface area contributed by atoms with Gasteiger partial charge in [0.25, 0.3) is 0 Å². The third kappa shape index (κ3) is 2.11. The van der Waals surface area contributed by atoms with Gasteiger partial charge in [-0.05, 0) is 18.2 Å². The molecule has 0 aliphatic carbocycles. The first kappa shape index (κ1) is 12.2. The molecule has 94 valence electrons. The molecule has 4 heteroatoms. The summed E-state index contributed by atoms with van der Waals surface area (Å²) >= 11 is 7.36. The van der Waals surface area contributed by atoms with Crippen LogP contribution in [-0.2, 0) is 0 Å². The van der Waals surface area contributed by atoms with Gasteiger partial charge in [0.05, 0.1) is 10.6 Å². The van der Waals surface area contributed by atoms with E-state index in [-0.39, 0.29) is 5.78 Å². The van der Waals surface area contributed by atoms with Crippen LogP contribution < -0.4 is 5.73 Å². The van der Waals surface area contributed by atoms with E-state index >= 15 is 0 Å². The Balaban J connectivity index is 2.19. The van der Waals surface area contributed by atoms with Crippen molar-refractivity contribution in [3.8, 4) is 0 Å². The topological polar surface area (TPSA) is 43.1 Å². The smallest absolute Gasteiger partial charge is 0.196 e. The highest BCUT2D eigenvalue weighted by atomic mass is 35.5. The van der Waals surface area contributed by atoms with Crippen molar-refractivity contribution < 1.29 is 4.79 Å². The highest BCUT2D eigenvalue weighted by Gasteiger charge is 2.18. The van der Waals surface area contributed by atoms with Gasteiger partial charge in [0.2, 0.25) is 0 Å². The van der Waals surface area contributed by atoms with Crippen LogP contribution in [0.25, 0.3) is 10.1 Å². The number of nitrogen functional groups attached to an aromatic ring is 1. The number of rotatable bonds is 2. The van der Waals surface area contributed by atoms with E-state index in [2.05, 4.69) is 0 Å². The van der Waals surface area contributed by atoms with Crippen molar-refractivity contribution in [3.63, 3.8) is 0 Å². The van der Waals surface area contributed by atoms with E-state index in [9.17, 15) is 4.79 Å². The molecule has 2 aromatic carbocycles. The summed E-state index contributed by atoms with van der Waals surface area (Å²) in [6.45, 7) is 0. The predicted molar refractivity (Wildman–Crippen MR) is 81.1 cm³/mol. The number of nitrogens with two attached hydrogens (primary N) is 1. The van der Waals surface area contributed by atoms with Crippen molar-refractivity contribution >= 4 is 43.8 Å². The maximum atomic E-state index is 12.6. The number of benzene rings is 2. The van der Waals surface area contributed by atoms with E-state index in [1.165, 1.54) is 11.3 Å². The van der Waals surface area contributed by atoms with Crippen LogP contribution in [0.1, 0.15) is 15.9 Å². The maximum absolute atomic E-state index is 12.6. The number of anilines is 1. The van der Waals surface area contributed by atoms with Gasteiger partial charge in [0.15, 0.2) is 5.78 Å². The van der Waals surface area contributed by atoms with Crippen molar-refractivity contribution in [3.05, 3.63) is 64.7 Å². The maximum Gasteiger partial charge on any atom is 0.196 e. The molecule has 0 aliphatic rings. The normalized spacial score (nSPS) is 10.8. The second-order valence-corrected chi connectivity index (χ2v) is 5.70. The van der Waals surface area contributed by atoms with Gasteiger partial charge in [-0.25, -0.2) is 0 Å². The number of hydrogen-bond acceptors (Lipinski definition) is 3. The molecule has 1 aromatic heterocycles. The number of thiophene rings is 1. The summed E-state index contributed by atoms with van der Waals surface area (Å²) in [5.41, 5.74) is 7.12. The third-order valence-electron chi connectivity index (χ3n) is 2.94. The number of carbonyl (C=O) groups is 1. The Morgan fingerprint density at radius 1 is 1.11 bits per heavy atom. The lowest BCUT2D eigenvalue weighted by molar-refractivity contribution is 0.104. The van der Waals surface area contributed by atoms with Crippen LogP contribution in [0.3, 0.4) is 0 Å². The van der Waals surface area contributed by atoms with Gasteiger partial charge in [-0.3, -0.25) is 4.79 Å². The van der Waals surface area contributed by atoms with Crippen LogP contribution >= 0.6 is 22.9 Å². The van der Waals surface area contributed by atoms with E-state index in [1.54, 1.807) is 24.3 Å². The van der Waals surface area contributed by atoms with E-state index < -0.39 is 0 Å². The fourth-order valence-corrected chi connectivity index (χ4v) is 3.23. The summed E-state index contributed by atoms with van der Waals surface area (Å²) in [5, 5.41) is 1.99. The summed E-state index contributed by atoms with van der Waals surface area (Å²) in [6, 6.07) is 14.6. The third-order valence-corrected chi connectivity index (χ3v) is 4.17. The van der Waals surface area contributed by atoms with E-state index in [1.807, 2.05) is 24.3 Å². The first-order chi connectivity index (χ1) is 9.16. The highest BCUT2D eigenvalue weighted by Crippen LogP contribution is 2.34. The minimum Gasteiger partial charge on any atom is -0.390 e. The van der Waals surface area contributed by atoms with E-state index in [0.29, 0.717) is 21.2 Å². The van der Waals surface area contributed by atoms with Gasteiger partial charge >= 0.3 is 0 Å². The molecular weight excluding hydrogens is 278 g/mol. The highest BCUT2D eigenvalue weighted by molar-refractivity contribution is 7.23. The molecule has 0 radical (unpaired) electrons. The molecule has 0 bridgehead atoms. The molecule has 3 aromatic rings. The quantitative estimate of drug-likeness (QED) is 0.711. The van der Waals surface area contributed by atoms with Crippen molar-refractivity contribution in [2.24, 2.45) is 0 Å². The molecule has 19 heavy (non-hydrogen) atoms. The second-order valence-electron chi connectivity index (χ2n) is 4.18. The lowest BCUT2D eigenvalue weighted by atomic mass is 10.0. The van der Waals surface area contributed by atoms with Crippen LogP contribution in [-0.4, -0.2) is 5.78 Å². The van der Waals surface area contributed by atoms with Crippen LogP contribution in [0, 0.1) is 0 Å². The summed E-state index contributed by atoms with van der Waals surface area (Å²) in [6.07, 6.45) is 0. The zero-order chi connectivity index (χ0) is 13.4. The van der Waals surface area contributed by atoms with Crippen molar-refractivity contribution in [1.29, 1.82) is 0 Å². The number of carbonyl (C=O) groups excluding carboxylic acids is 1. The second kappa shape index (κ2) is 4.68. The van der Waals surface area contributed by atoms with Gasteiger partial charge in [0, 0.05) is 20.7 Å². The van der Waals surface area contributed by atoms with Crippen LogP contribution in [0.15, 0.2) is 48.5 Å². The predicted octanol–water partition coefficient (Wildman–Crippen LogP) is 4.37. The number of halogens is 1. The van der Waals surface area contributed by atoms with Crippen molar-refractivity contribution in [1.82, 2.24) is 0 Å². The number of fused-ring (bicyclic) bond motifs is 1. The van der Waals surface area contributed by atoms with E-state index in [4.69, 9.17) is 17.3 Å². The molecule has 0 saturated heterocycles. The molecule has 2 nitrogen and oxygen atoms in total. The zero-order valence-corrected chi connectivity index (χ0v) is 11.5. The SMILES string of the molecule is Nc1sc2ccccc2c1C(=O)c1cccc(Cl)c1. The molecule has 0 saturated carbocycles. The molecule has 0 amide bonds. The average Bonchev–Trinajstić information content (AvgIpc) is 2.74. The molecular formula is C15H10ClNOS. The van der Waals surface area contributed by atoms with Gasteiger partial charge < -0.3 is 5.73 Å². The lowest BCUT2D eigenvalue weighted by Gasteiger charge is -2.02. The molecule has 1 heterocycles. The number of ketones is 1. The molecule has 0 atom stereocenters. The Kier molecular flexibility index (Phi) is 3.01. The van der Waals surface area contributed by atoms with Gasteiger partial charge in [-0.1, -0.05) is 41.9 Å². The van der Waals surface area contributed by atoms with Crippen LogP contribution in [0.5, 0.6) is 0 Å². The Bertz CT molecular complexity index is 779. The van der Waals surface area contributed by atoms with Crippen LogP contribution in [0.2, 0.25) is 5.02 Å². The standard InChI is InChI=1S/C15H10ClNOS/c16-10-5-3-4-9(8-10)14(18)13-11-6-1-2-7-12(11)19-15(13)17/h1-8H,17H2. The largest absolute Gasteiger partial charge is 0.390 e. The summed E-state index contributed by atoms with van der Waals surface area (Å²) in [7, 11) is 0. The van der Waals surface area contributed by atoms with Gasteiger partial charge in [0.1, 0.15) is 0 Å². The Morgan fingerprint density at radius 3 is 2.68 bits per heavy atom. The van der Waals surface area contributed by atoms with Crippen molar-refractivity contribution in [2.45, 2.75) is 0 Å². The molecule has 3 rings (SSSR count). The molecule has 0 spiro atoms. The molecule has 0 unspecified atom stereocenters. The monoisotopic (exact) mass is 287 g/mol. The minimum absolute atomic E-state index is 0.0857. The summed E-state index contributed by atoms with van der Waals surface area (Å²) < 4.78 is 1.02.